The van der Waals surface area contributed by atoms with Gasteiger partial charge in [-0.25, -0.2) is 0 Å². The molecule has 1 aromatic rings. The van der Waals surface area contributed by atoms with Gasteiger partial charge in [0.25, 0.3) is 5.91 Å². The second-order valence-electron chi connectivity index (χ2n) is 3.51. The number of anilines is 1. The summed E-state index contributed by atoms with van der Waals surface area (Å²) in [6, 6.07) is 0. The molecule has 0 aliphatic heterocycles. The molecule has 0 aliphatic carbocycles. The third-order valence-corrected chi connectivity index (χ3v) is 2.83. The molecule has 1 rings (SSSR count). The molecule has 0 saturated heterocycles. The molecule has 0 fully saturated rings. The molecule has 0 bridgehead atoms. The summed E-state index contributed by atoms with van der Waals surface area (Å²) in [6.07, 6.45) is -4.53. The summed E-state index contributed by atoms with van der Waals surface area (Å²) in [7, 11) is 0. The predicted molar refractivity (Wildman–Crippen MR) is 63.1 cm³/mol. The zero-order valence-corrected chi connectivity index (χ0v) is 10.9. The molecule has 2 N–H and O–H groups in total. The minimum atomic E-state index is -4.53. The number of aromatic nitrogens is 2. The smallest absolute Gasteiger partial charge is 0.395 e. The fourth-order valence-electron chi connectivity index (χ4n) is 1.26. The van der Waals surface area contributed by atoms with E-state index < -0.39 is 31.8 Å². The van der Waals surface area contributed by atoms with Crippen molar-refractivity contribution < 1.29 is 23.1 Å². The number of amides is 1. The van der Waals surface area contributed by atoms with E-state index in [0.29, 0.717) is 16.6 Å². The SMILES string of the molecule is CCNc1nnc(C(=O)N(CCO)CC(F)(F)F)s1. The lowest BCUT2D eigenvalue weighted by atomic mass is 10.4. The van der Waals surface area contributed by atoms with Crippen molar-refractivity contribution in [3.8, 4) is 0 Å². The molecular weight excluding hydrogens is 285 g/mol. The lowest BCUT2D eigenvalue weighted by Gasteiger charge is -2.21. The van der Waals surface area contributed by atoms with Crippen molar-refractivity contribution in [3.05, 3.63) is 5.01 Å². The van der Waals surface area contributed by atoms with Gasteiger partial charge in [0, 0.05) is 13.1 Å². The Morgan fingerprint density at radius 3 is 2.68 bits per heavy atom. The summed E-state index contributed by atoms with van der Waals surface area (Å²) in [5.41, 5.74) is 0. The number of nitrogens with one attached hydrogen (secondary N) is 1. The van der Waals surface area contributed by atoms with Crippen LogP contribution < -0.4 is 5.32 Å². The zero-order chi connectivity index (χ0) is 14.5. The second-order valence-corrected chi connectivity index (χ2v) is 4.49. The molecule has 19 heavy (non-hydrogen) atoms. The van der Waals surface area contributed by atoms with E-state index in [0.717, 1.165) is 11.3 Å². The number of rotatable bonds is 6. The molecular formula is C9H13F3N4O2S. The maximum Gasteiger partial charge on any atom is 0.406 e. The molecule has 0 spiro atoms. The van der Waals surface area contributed by atoms with Crippen molar-refractivity contribution in [3.63, 3.8) is 0 Å². The highest BCUT2D eigenvalue weighted by Gasteiger charge is 2.34. The summed E-state index contributed by atoms with van der Waals surface area (Å²) < 4.78 is 36.9. The molecule has 108 valence electrons. The number of alkyl halides is 3. The first kappa shape index (κ1) is 15.6. The van der Waals surface area contributed by atoms with Crippen molar-refractivity contribution >= 4 is 22.4 Å². The van der Waals surface area contributed by atoms with Crippen LogP contribution in [0.1, 0.15) is 16.7 Å². The fourth-order valence-corrected chi connectivity index (χ4v) is 2.04. The topological polar surface area (TPSA) is 78.4 Å². The number of carbonyl (C=O) groups excluding carboxylic acids is 1. The van der Waals surface area contributed by atoms with Crippen LogP contribution >= 0.6 is 11.3 Å². The first-order valence-electron chi connectivity index (χ1n) is 5.41. The molecule has 10 heteroatoms. The minimum Gasteiger partial charge on any atom is -0.395 e. The maximum absolute atomic E-state index is 12.3. The molecule has 1 heterocycles. The first-order chi connectivity index (χ1) is 8.87. The molecule has 0 radical (unpaired) electrons. The molecule has 1 amide bonds. The van der Waals surface area contributed by atoms with E-state index in [4.69, 9.17) is 5.11 Å². The van der Waals surface area contributed by atoms with Gasteiger partial charge >= 0.3 is 6.18 Å². The average molecular weight is 298 g/mol. The van der Waals surface area contributed by atoms with Crippen molar-refractivity contribution in [1.82, 2.24) is 15.1 Å². The Bertz CT molecular complexity index is 424. The highest BCUT2D eigenvalue weighted by Crippen LogP contribution is 2.20. The van der Waals surface area contributed by atoms with Crippen LogP contribution in [0.15, 0.2) is 0 Å². The molecule has 1 aromatic heterocycles. The van der Waals surface area contributed by atoms with Crippen molar-refractivity contribution in [2.75, 3.05) is 31.6 Å². The third kappa shape index (κ3) is 4.99. The zero-order valence-electron chi connectivity index (χ0n) is 10.1. The fraction of sp³-hybridized carbons (Fsp3) is 0.667. The second kappa shape index (κ2) is 6.66. The predicted octanol–water partition coefficient (Wildman–Crippen LogP) is 0.967. The van der Waals surface area contributed by atoms with Gasteiger partial charge in [-0.2, -0.15) is 13.2 Å². The Morgan fingerprint density at radius 1 is 1.47 bits per heavy atom. The van der Waals surface area contributed by atoms with Gasteiger partial charge in [0.1, 0.15) is 6.54 Å². The van der Waals surface area contributed by atoms with Crippen LogP contribution in [0.4, 0.5) is 18.3 Å². The molecule has 0 atom stereocenters. The van der Waals surface area contributed by atoms with Gasteiger partial charge in [-0.15, -0.1) is 10.2 Å². The number of halogens is 3. The lowest BCUT2D eigenvalue weighted by Crippen LogP contribution is -2.40. The lowest BCUT2D eigenvalue weighted by molar-refractivity contribution is -0.141. The van der Waals surface area contributed by atoms with Crippen LogP contribution in [0.2, 0.25) is 0 Å². The van der Waals surface area contributed by atoms with Gasteiger partial charge in [-0.3, -0.25) is 4.79 Å². The van der Waals surface area contributed by atoms with Crippen LogP contribution in [0, 0.1) is 0 Å². The number of aliphatic hydroxyl groups is 1. The Hall–Kier alpha value is -1.42. The van der Waals surface area contributed by atoms with E-state index >= 15 is 0 Å². The van der Waals surface area contributed by atoms with E-state index in [1.165, 1.54) is 0 Å². The Morgan fingerprint density at radius 2 is 2.16 bits per heavy atom. The van der Waals surface area contributed by atoms with Gasteiger partial charge in [-0.1, -0.05) is 11.3 Å². The Labute approximate surface area is 111 Å². The van der Waals surface area contributed by atoms with Crippen molar-refractivity contribution in [1.29, 1.82) is 0 Å². The highest BCUT2D eigenvalue weighted by atomic mass is 32.1. The first-order valence-corrected chi connectivity index (χ1v) is 6.23. The number of carbonyl (C=O) groups is 1. The quantitative estimate of drug-likeness (QED) is 0.818. The molecule has 0 saturated carbocycles. The van der Waals surface area contributed by atoms with E-state index in [1.807, 2.05) is 6.92 Å². The molecule has 6 nitrogen and oxygen atoms in total. The third-order valence-electron chi connectivity index (χ3n) is 1.96. The monoisotopic (exact) mass is 298 g/mol. The number of nitrogens with zero attached hydrogens (tertiary/aromatic N) is 3. The number of hydrogen-bond acceptors (Lipinski definition) is 6. The van der Waals surface area contributed by atoms with Crippen LogP contribution in [-0.2, 0) is 0 Å². The summed E-state index contributed by atoms with van der Waals surface area (Å²) in [5, 5.41) is 18.9. The van der Waals surface area contributed by atoms with Crippen molar-refractivity contribution in [2.45, 2.75) is 13.1 Å². The summed E-state index contributed by atoms with van der Waals surface area (Å²) >= 11 is 0.872. The number of aliphatic hydroxyl groups excluding tert-OH is 1. The van der Waals surface area contributed by atoms with Gasteiger partial charge < -0.3 is 15.3 Å². The normalized spacial score (nSPS) is 11.4. The summed E-state index contributed by atoms with van der Waals surface area (Å²) in [5.74, 6) is -0.895. The molecule has 0 aliphatic rings. The van der Waals surface area contributed by atoms with E-state index in [2.05, 4.69) is 15.5 Å². The van der Waals surface area contributed by atoms with Crippen LogP contribution in [0.5, 0.6) is 0 Å². The average Bonchev–Trinajstić information content (AvgIpc) is 2.75. The van der Waals surface area contributed by atoms with E-state index in [1.54, 1.807) is 0 Å². The van der Waals surface area contributed by atoms with Crippen LogP contribution in [0.3, 0.4) is 0 Å². The van der Waals surface area contributed by atoms with Gasteiger partial charge in [-0.05, 0) is 6.92 Å². The molecule has 0 aromatic carbocycles. The Kier molecular flexibility index (Phi) is 5.48. The van der Waals surface area contributed by atoms with Gasteiger partial charge in [0.05, 0.1) is 6.61 Å². The highest BCUT2D eigenvalue weighted by molar-refractivity contribution is 7.17. The molecule has 0 unspecified atom stereocenters. The summed E-state index contributed by atoms with van der Waals surface area (Å²) in [6.45, 7) is -0.0198. The van der Waals surface area contributed by atoms with Gasteiger partial charge in [0.2, 0.25) is 10.1 Å². The van der Waals surface area contributed by atoms with E-state index in [-0.39, 0.29) is 5.01 Å². The Balaban J connectivity index is 2.79. The minimum absolute atomic E-state index is 0.145. The van der Waals surface area contributed by atoms with E-state index in [9.17, 15) is 18.0 Å². The largest absolute Gasteiger partial charge is 0.406 e. The number of hydrogen-bond donors (Lipinski definition) is 2. The van der Waals surface area contributed by atoms with Crippen LogP contribution in [-0.4, -0.2) is 58.5 Å². The summed E-state index contributed by atoms with van der Waals surface area (Å²) in [4.78, 5) is 12.3. The standard InChI is InChI=1S/C9H13F3N4O2S/c1-2-13-8-15-14-6(19-8)7(18)16(3-4-17)5-9(10,11)12/h17H,2-5H2,1H3,(H,13,15). The van der Waals surface area contributed by atoms with Crippen LogP contribution in [0.25, 0.3) is 0 Å². The van der Waals surface area contributed by atoms with Crippen molar-refractivity contribution in [2.24, 2.45) is 0 Å². The van der Waals surface area contributed by atoms with Gasteiger partial charge in [0.15, 0.2) is 0 Å². The maximum atomic E-state index is 12.3.